The van der Waals surface area contributed by atoms with E-state index >= 15 is 0 Å². The summed E-state index contributed by atoms with van der Waals surface area (Å²) in [5.74, 6) is 0. The molecule has 0 fully saturated rings. The number of rotatable bonds is 30. The highest BCUT2D eigenvalue weighted by Gasteiger charge is 2.21. The molecule has 0 aliphatic rings. The summed E-state index contributed by atoms with van der Waals surface area (Å²) in [5, 5.41) is 29.6. The summed E-state index contributed by atoms with van der Waals surface area (Å²) in [6.07, 6.45) is 25.1. The minimum atomic E-state index is -0.00653. The van der Waals surface area contributed by atoms with E-state index in [2.05, 4.69) is 42.1 Å². The summed E-state index contributed by atoms with van der Waals surface area (Å²) >= 11 is 0. The molecule has 7 heteroatoms. The Morgan fingerprint density at radius 2 is 0.649 bits per heavy atom. The zero-order chi connectivity index (χ0) is 27.4. The van der Waals surface area contributed by atoms with Gasteiger partial charge in [-0.25, -0.2) is 16.4 Å². The van der Waals surface area contributed by atoms with Gasteiger partial charge >= 0.3 is 0 Å². The standard InChI is InChI=1S/C30H66N4O3/c1-4-7-10-13-16-19-22-28(31-35)25-34(26-29(32-36)23-20-17-14-11-8-5-2)27-30(33-37)24-21-18-15-12-9-6-3/h28-33,35-37H,4-27H2,1-3H3. The minimum absolute atomic E-state index is 0.00653. The van der Waals surface area contributed by atoms with Crippen LogP contribution in [-0.2, 0) is 0 Å². The highest BCUT2D eigenvalue weighted by Crippen LogP contribution is 2.14. The van der Waals surface area contributed by atoms with Crippen LogP contribution in [0, 0.1) is 0 Å². The lowest BCUT2D eigenvalue weighted by atomic mass is 10.0. The maximum atomic E-state index is 9.88. The van der Waals surface area contributed by atoms with Gasteiger partial charge in [0.2, 0.25) is 0 Å². The van der Waals surface area contributed by atoms with Gasteiger partial charge in [-0.05, 0) is 19.3 Å². The number of nitrogens with zero attached hydrogens (tertiary/aromatic N) is 1. The largest absolute Gasteiger partial charge is 0.316 e. The molecule has 0 spiro atoms. The third-order valence-corrected chi connectivity index (χ3v) is 7.70. The molecule has 0 aromatic carbocycles. The van der Waals surface area contributed by atoms with Gasteiger partial charge in [0.05, 0.1) is 0 Å². The second-order valence-corrected chi connectivity index (χ2v) is 11.4. The van der Waals surface area contributed by atoms with Crippen LogP contribution in [0.15, 0.2) is 0 Å². The highest BCUT2D eigenvalue weighted by molar-refractivity contribution is 4.78. The Bertz CT molecular complexity index is 383. The summed E-state index contributed by atoms with van der Waals surface area (Å²) in [7, 11) is 0. The maximum Gasteiger partial charge on any atom is 0.0446 e. The van der Waals surface area contributed by atoms with E-state index in [0.29, 0.717) is 19.6 Å². The molecule has 3 atom stereocenters. The average Bonchev–Trinajstić information content (AvgIpc) is 2.91. The molecule has 0 radical (unpaired) electrons. The molecule has 37 heavy (non-hydrogen) atoms. The van der Waals surface area contributed by atoms with E-state index in [0.717, 1.165) is 38.5 Å². The molecule has 0 saturated carbocycles. The Hall–Kier alpha value is -0.280. The lowest BCUT2D eigenvalue weighted by Crippen LogP contribution is -2.50. The van der Waals surface area contributed by atoms with Crippen molar-refractivity contribution >= 4 is 0 Å². The topological polar surface area (TPSA) is 100 Å². The Kier molecular flexibility index (Phi) is 28.5. The maximum absolute atomic E-state index is 9.88. The molecule has 0 heterocycles. The number of hydrogen-bond donors (Lipinski definition) is 6. The normalized spacial score (nSPS) is 14.4. The molecule has 0 aromatic rings. The minimum Gasteiger partial charge on any atom is -0.316 e. The summed E-state index contributed by atoms with van der Waals surface area (Å²) < 4.78 is 0. The second-order valence-electron chi connectivity index (χ2n) is 11.4. The second kappa shape index (κ2) is 28.7. The van der Waals surface area contributed by atoms with Gasteiger partial charge in [0.25, 0.3) is 0 Å². The molecule has 0 aromatic heterocycles. The van der Waals surface area contributed by atoms with Gasteiger partial charge in [-0.2, -0.15) is 0 Å². The Labute approximate surface area is 230 Å². The van der Waals surface area contributed by atoms with E-state index in [1.165, 1.54) is 96.3 Å². The lowest BCUT2D eigenvalue weighted by molar-refractivity contribution is 0.0490. The van der Waals surface area contributed by atoms with Crippen LogP contribution >= 0.6 is 0 Å². The quantitative estimate of drug-likeness (QED) is 0.0420. The van der Waals surface area contributed by atoms with E-state index in [4.69, 9.17) is 0 Å². The summed E-state index contributed by atoms with van der Waals surface area (Å²) in [4.78, 5) is 2.31. The van der Waals surface area contributed by atoms with Crippen LogP contribution in [0.3, 0.4) is 0 Å². The lowest BCUT2D eigenvalue weighted by Gasteiger charge is -2.32. The van der Waals surface area contributed by atoms with Crippen molar-refractivity contribution in [3.63, 3.8) is 0 Å². The van der Waals surface area contributed by atoms with Crippen LogP contribution in [0.1, 0.15) is 156 Å². The fourth-order valence-corrected chi connectivity index (χ4v) is 5.26. The first kappa shape index (κ1) is 36.7. The van der Waals surface area contributed by atoms with Crippen LogP contribution in [0.5, 0.6) is 0 Å². The number of hydrogen-bond acceptors (Lipinski definition) is 7. The first-order valence-electron chi connectivity index (χ1n) is 16.1. The van der Waals surface area contributed by atoms with E-state index < -0.39 is 0 Å². The van der Waals surface area contributed by atoms with Crippen molar-refractivity contribution in [3.05, 3.63) is 0 Å². The zero-order valence-electron chi connectivity index (χ0n) is 25.0. The number of hydroxylamine groups is 3. The summed E-state index contributed by atoms with van der Waals surface area (Å²) in [5.41, 5.74) is 7.66. The molecule has 0 amide bonds. The van der Waals surface area contributed by atoms with Crippen molar-refractivity contribution in [2.24, 2.45) is 0 Å². The first-order valence-corrected chi connectivity index (χ1v) is 16.1. The van der Waals surface area contributed by atoms with Crippen LogP contribution < -0.4 is 16.4 Å². The SMILES string of the molecule is CCCCCCCCC(CN(CC(CCCCCCCC)NO)CC(CCCCCCCC)NO)NO. The van der Waals surface area contributed by atoms with E-state index in [1.54, 1.807) is 0 Å². The Morgan fingerprint density at radius 1 is 0.405 bits per heavy atom. The summed E-state index contributed by atoms with van der Waals surface area (Å²) in [6, 6.07) is -0.0196. The summed E-state index contributed by atoms with van der Waals surface area (Å²) in [6.45, 7) is 8.82. The van der Waals surface area contributed by atoms with Gasteiger partial charge in [0.1, 0.15) is 0 Å². The van der Waals surface area contributed by atoms with Gasteiger partial charge in [-0.3, -0.25) is 4.90 Å². The van der Waals surface area contributed by atoms with Gasteiger partial charge in [-0.1, -0.05) is 136 Å². The Balaban J connectivity index is 4.82. The van der Waals surface area contributed by atoms with Crippen molar-refractivity contribution in [1.29, 1.82) is 0 Å². The molecule has 3 unspecified atom stereocenters. The average molecular weight is 531 g/mol. The first-order chi connectivity index (χ1) is 18.1. The van der Waals surface area contributed by atoms with Crippen LogP contribution in [0.2, 0.25) is 0 Å². The molecular formula is C30H66N4O3. The van der Waals surface area contributed by atoms with E-state index in [9.17, 15) is 15.6 Å². The molecule has 7 nitrogen and oxygen atoms in total. The van der Waals surface area contributed by atoms with Crippen LogP contribution in [0.4, 0.5) is 0 Å². The number of unbranched alkanes of at least 4 members (excludes halogenated alkanes) is 15. The molecule has 0 saturated heterocycles. The van der Waals surface area contributed by atoms with Gasteiger partial charge in [0, 0.05) is 37.8 Å². The smallest absolute Gasteiger partial charge is 0.0446 e. The fraction of sp³-hybridized carbons (Fsp3) is 1.00. The van der Waals surface area contributed by atoms with E-state index in [1.807, 2.05) is 0 Å². The highest BCUT2D eigenvalue weighted by atomic mass is 16.5. The monoisotopic (exact) mass is 531 g/mol. The Morgan fingerprint density at radius 3 is 0.892 bits per heavy atom. The molecule has 0 bridgehead atoms. The zero-order valence-corrected chi connectivity index (χ0v) is 25.0. The van der Waals surface area contributed by atoms with Crippen molar-refractivity contribution in [1.82, 2.24) is 21.3 Å². The third-order valence-electron chi connectivity index (χ3n) is 7.70. The van der Waals surface area contributed by atoms with Gasteiger partial charge < -0.3 is 15.6 Å². The van der Waals surface area contributed by atoms with Crippen LogP contribution in [-0.4, -0.2) is 58.3 Å². The van der Waals surface area contributed by atoms with Gasteiger partial charge in [-0.15, -0.1) is 0 Å². The van der Waals surface area contributed by atoms with Crippen molar-refractivity contribution in [3.8, 4) is 0 Å². The molecule has 0 rings (SSSR count). The van der Waals surface area contributed by atoms with Crippen molar-refractivity contribution < 1.29 is 15.6 Å². The van der Waals surface area contributed by atoms with Gasteiger partial charge in [0.15, 0.2) is 0 Å². The predicted molar refractivity (Wildman–Crippen MR) is 157 cm³/mol. The van der Waals surface area contributed by atoms with Crippen molar-refractivity contribution in [2.45, 2.75) is 174 Å². The molecule has 0 aliphatic heterocycles. The number of nitrogens with one attached hydrogen (secondary N) is 3. The molecule has 0 aliphatic carbocycles. The third kappa shape index (κ3) is 23.3. The predicted octanol–water partition coefficient (Wildman–Crippen LogP) is 7.58. The molecular weight excluding hydrogens is 464 g/mol. The van der Waals surface area contributed by atoms with E-state index in [-0.39, 0.29) is 18.1 Å². The fourth-order valence-electron chi connectivity index (χ4n) is 5.26. The molecule has 224 valence electrons. The van der Waals surface area contributed by atoms with Crippen LogP contribution in [0.25, 0.3) is 0 Å². The molecule has 6 N–H and O–H groups in total. The van der Waals surface area contributed by atoms with Crippen molar-refractivity contribution in [2.75, 3.05) is 19.6 Å².